The van der Waals surface area contributed by atoms with Crippen molar-refractivity contribution in [3.8, 4) is 17.2 Å². The van der Waals surface area contributed by atoms with Gasteiger partial charge in [-0.3, -0.25) is 4.79 Å². The first-order valence-corrected chi connectivity index (χ1v) is 6.09. The summed E-state index contributed by atoms with van der Waals surface area (Å²) in [5.41, 5.74) is 2.67. The first kappa shape index (κ1) is 13.1. The molecule has 0 atom stereocenters. The molecule has 4 heteroatoms. The van der Waals surface area contributed by atoms with Crippen LogP contribution in [0.3, 0.4) is 0 Å². The first-order valence-electron chi connectivity index (χ1n) is 5.72. The summed E-state index contributed by atoms with van der Waals surface area (Å²) in [5.74, 6) is -0.309. The van der Waals surface area contributed by atoms with Gasteiger partial charge in [-0.2, -0.15) is 5.26 Å². The number of amides is 1. The molecular weight excluding hydrogens is 260 g/mol. The van der Waals surface area contributed by atoms with Gasteiger partial charge in [0, 0.05) is 10.7 Å². The summed E-state index contributed by atoms with van der Waals surface area (Å²) in [5, 5.41) is 11.8. The molecule has 0 saturated carbocycles. The molecular formula is C15H11ClN2O. The number of halogens is 1. The summed E-state index contributed by atoms with van der Waals surface area (Å²) in [6.07, 6.45) is -0.148. The maximum atomic E-state index is 11.4. The normalized spacial score (nSPS) is 9.68. The van der Waals surface area contributed by atoms with Gasteiger partial charge in [-0.25, -0.2) is 0 Å². The van der Waals surface area contributed by atoms with Crippen LogP contribution in [0.25, 0.3) is 11.1 Å². The average Bonchev–Trinajstić information content (AvgIpc) is 2.40. The molecule has 0 saturated heterocycles. The number of benzene rings is 2. The Hall–Kier alpha value is -2.31. The molecule has 1 amide bonds. The molecule has 0 bridgehead atoms. The highest BCUT2D eigenvalue weighted by Gasteiger charge is 2.03. The maximum Gasteiger partial charge on any atom is 0.238 e. The standard InChI is InChI=1S/C15H11ClN2O/c16-13-6-4-11(5-7-13)12-2-1-3-14(10-12)18-15(19)8-9-17/h1-7,10H,8H2,(H,18,19). The monoisotopic (exact) mass is 270 g/mol. The van der Waals surface area contributed by atoms with Crippen molar-refractivity contribution in [1.29, 1.82) is 5.26 Å². The van der Waals surface area contributed by atoms with Crippen LogP contribution in [-0.4, -0.2) is 5.91 Å². The molecule has 0 aliphatic carbocycles. The van der Waals surface area contributed by atoms with Crippen LogP contribution in [0.15, 0.2) is 48.5 Å². The summed E-state index contributed by atoms with van der Waals surface area (Å²) in [6, 6.07) is 16.7. The van der Waals surface area contributed by atoms with E-state index in [1.165, 1.54) is 0 Å². The van der Waals surface area contributed by atoms with Crippen molar-refractivity contribution in [2.75, 3.05) is 5.32 Å². The molecule has 2 aromatic carbocycles. The lowest BCUT2D eigenvalue weighted by Crippen LogP contribution is -2.09. The van der Waals surface area contributed by atoms with Crippen molar-refractivity contribution in [3.05, 3.63) is 53.6 Å². The first-order chi connectivity index (χ1) is 9.19. The largest absolute Gasteiger partial charge is 0.325 e. The van der Waals surface area contributed by atoms with Crippen LogP contribution in [0.1, 0.15) is 6.42 Å². The van der Waals surface area contributed by atoms with Crippen LogP contribution in [0.2, 0.25) is 5.02 Å². The molecule has 0 heterocycles. The molecule has 0 radical (unpaired) electrons. The fourth-order valence-corrected chi connectivity index (χ4v) is 1.82. The van der Waals surface area contributed by atoms with Crippen molar-refractivity contribution in [1.82, 2.24) is 0 Å². The summed E-state index contributed by atoms with van der Waals surface area (Å²) in [7, 11) is 0. The van der Waals surface area contributed by atoms with E-state index in [2.05, 4.69) is 5.32 Å². The van der Waals surface area contributed by atoms with Crippen LogP contribution >= 0.6 is 11.6 Å². The maximum absolute atomic E-state index is 11.4. The predicted octanol–water partition coefficient (Wildman–Crippen LogP) is 3.86. The lowest BCUT2D eigenvalue weighted by atomic mass is 10.1. The minimum Gasteiger partial charge on any atom is -0.325 e. The molecule has 0 unspecified atom stereocenters. The minimum absolute atomic E-state index is 0.148. The third-order valence-corrected chi connectivity index (χ3v) is 2.82. The molecule has 0 spiro atoms. The van der Waals surface area contributed by atoms with Crippen molar-refractivity contribution >= 4 is 23.2 Å². The van der Waals surface area contributed by atoms with Gasteiger partial charge >= 0.3 is 0 Å². The van der Waals surface area contributed by atoms with E-state index in [0.717, 1.165) is 11.1 Å². The lowest BCUT2D eigenvalue weighted by Gasteiger charge is -2.06. The number of nitriles is 1. The van der Waals surface area contributed by atoms with Crippen molar-refractivity contribution < 1.29 is 4.79 Å². The Morgan fingerprint density at radius 1 is 1.16 bits per heavy atom. The second kappa shape index (κ2) is 6.03. The van der Waals surface area contributed by atoms with Gasteiger partial charge < -0.3 is 5.32 Å². The Bertz CT molecular complexity index is 629. The third-order valence-electron chi connectivity index (χ3n) is 2.56. The molecule has 2 rings (SSSR count). The highest BCUT2D eigenvalue weighted by atomic mass is 35.5. The number of rotatable bonds is 3. The Morgan fingerprint density at radius 3 is 2.58 bits per heavy atom. The lowest BCUT2D eigenvalue weighted by molar-refractivity contribution is -0.115. The zero-order valence-electron chi connectivity index (χ0n) is 10.1. The topological polar surface area (TPSA) is 52.9 Å². The Morgan fingerprint density at radius 2 is 1.89 bits per heavy atom. The smallest absolute Gasteiger partial charge is 0.238 e. The van der Waals surface area contributed by atoms with Gasteiger partial charge in [-0.15, -0.1) is 0 Å². The van der Waals surface area contributed by atoms with E-state index in [9.17, 15) is 4.79 Å². The minimum atomic E-state index is -0.309. The predicted molar refractivity (Wildman–Crippen MR) is 75.7 cm³/mol. The highest BCUT2D eigenvalue weighted by Crippen LogP contribution is 2.24. The van der Waals surface area contributed by atoms with Crippen LogP contribution in [0, 0.1) is 11.3 Å². The highest BCUT2D eigenvalue weighted by molar-refractivity contribution is 6.30. The molecule has 0 aliphatic rings. The second-order valence-electron chi connectivity index (χ2n) is 3.97. The van der Waals surface area contributed by atoms with Crippen LogP contribution in [-0.2, 0) is 4.79 Å². The van der Waals surface area contributed by atoms with Crippen molar-refractivity contribution in [2.45, 2.75) is 6.42 Å². The molecule has 0 aromatic heterocycles. The van der Waals surface area contributed by atoms with Gasteiger partial charge in [0.1, 0.15) is 6.42 Å². The van der Waals surface area contributed by atoms with E-state index in [0.29, 0.717) is 10.7 Å². The van der Waals surface area contributed by atoms with Gasteiger partial charge in [0.25, 0.3) is 0 Å². The molecule has 19 heavy (non-hydrogen) atoms. The number of hydrogen-bond acceptors (Lipinski definition) is 2. The van der Waals surface area contributed by atoms with Crippen molar-refractivity contribution in [3.63, 3.8) is 0 Å². The zero-order valence-corrected chi connectivity index (χ0v) is 10.8. The summed E-state index contributed by atoms with van der Waals surface area (Å²) in [4.78, 5) is 11.4. The van der Waals surface area contributed by atoms with E-state index >= 15 is 0 Å². The Kier molecular flexibility index (Phi) is 4.17. The second-order valence-corrected chi connectivity index (χ2v) is 4.41. The summed E-state index contributed by atoms with van der Waals surface area (Å²) >= 11 is 5.85. The third kappa shape index (κ3) is 3.57. The van der Waals surface area contributed by atoms with Gasteiger partial charge in [-0.05, 0) is 35.4 Å². The van der Waals surface area contributed by atoms with Gasteiger partial charge in [0.15, 0.2) is 0 Å². The number of carbonyl (C=O) groups is 1. The summed E-state index contributed by atoms with van der Waals surface area (Å²) in [6.45, 7) is 0. The molecule has 3 nitrogen and oxygen atoms in total. The van der Waals surface area contributed by atoms with E-state index < -0.39 is 0 Å². The van der Waals surface area contributed by atoms with E-state index in [1.54, 1.807) is 6.07 Å². The number of hydrogen-bond donors (Lipinski definition) is 1. The van der Waals surface area contributed by atoms with Gasteiger partial charge in [-0.1, -0.05) is 35.9 Å². The van der Waals surface area contributed by atoms with Crippen LogP contribution in [0.4, 0.5) is 5.69 Å². The zero-order chi connectivity index (χ0) is 13.7. The van der Waals surface area contributed by atoms with Crippen LogP contribution in [0.5, 0.6) is 0 Å². The number of nitrogens with zero attached hydrogens (tertiary/aromatic N) is 1. The van der Waals surface area contributed by atoms with E-state index in [4.69, 9.17) is 16.9 Å². The number of carbonyl (C=O) groups excluding carboxylic acids is 1. The number of nitrogens with one attached hydrogen (secondary N) is 1. The SMILES string of the molecule is N#CCC(=O)Nc1cccc(-c2ccc(Cl)cc2)c1. The average molecular weight is 271 g/mol. The van der Waals surface area contributed by atoms with E-state index in [-0.39, 0.29) is 12.3 Å². The molecule has 1 N–H and O–H groups in total. The summed E-state index contributed by atoms with van der Waals surface area (Å²) < 4.78 is 0. The molecule has 0 aliphatic heterocycles. The molecule has 94 valence electrons. The fourth-order valence-electron chi connectivity index (χ4n) is 1.70. The molecule has 2 aromatic rings. The van der Waals surface area contributed by atoms with Crippen LogP contribution < -0.4 is 5.32 Å². The number of anilines is 1. The van der Waals surface area contributed by atoms with Gasteiger partial charge in [0.05, 0.1) is 6.07 Å². The Labute approximate surface area is 116 Å². The van der Waals surface area contributed by atoms with E-state index in [1.807, 2.05) is 48.5 Å². The quantitative estimate of drug-likeness (QED) is 0.921. The Balaban J connectivity index is 2.22. The van der Waals surface area contributed by atoms with Crippen molar-refractivity contribution in [2.24, 2.45) is 0 Å². The molecule has 0 fully saturated rings. The van der Waals surface area contributed by atoms with Gasteiger partial charge in [0.2, 0.25) is 5.91 Å². The fraction of sp³-hybridized carbons (Fsp3) is 0.0667.